The molecule has 0 aliphatic heterocycles. The topological polar surface area (TPSA) is 49.3 Å². The third-order valence-electron chi connectivity index (χ3n) is 3.53. The Morgan fingerprint density at radius 1 is 1.32 bits per heavy atom. The Bertz CT molecular complexity index is 439. The van der Waals surface area contributed by atoms with Crippen LogP contribution in [-0.4, -0.2) is 17.6 Å². The number of nitrogens with one attached hydrogen (secondary N) is 1. The monoisotopic (exact) mass is 301 g/mol. The molecule has 0 radical (unpaired) electrons. The van der Waals surface area contributed by atoms with E-state index in [1.54, 1.807) is 18.2 Å². The van der Waals surface area contributed by atoms with Gasteiger partial charge < -0.3 is 10.4 Å². The van der Waals surface area contributed by atoms with Crippen molar-refractivity contribution in [3.05, 3.63) is 33.8 Å². The summed E-state index contributed by atoms with van der Waals surface area (Å²) in [5.41, 5.74) is 0.470. The normalized spacial score (nSPS) is 17.4. The maximum absolute atomic E-state index is 11.9. The molecule has 1 atom stereocenters. The fourth-order valence-electron chi connectivity index (χ4n) is 2.46. The van der Waals surface area contributed by atoms with E-state index in [0.717, 1.165) is 25.7 Å². The van der Waals surface area contributed by atoms with Crippen molar-refractivity contribution in [3.8, 4) is 0 Å². The largest absolute Gasteiger partial charge is 0.386 e. The van der Waals surface area contributed by atoms with Gasteiger partial charge in [-0.3, -0.25) is 4.79 Å². The third-order valence-corrected chi connectivity index (χ3v) is 4.19. The van der Waals surface area contributed by atoms with Gasteiger partial charge in [-0.2, -0.15) is 0 Å². The Kier molecular flexibility index (Phi) is 5.08. The lowest BCUT2D eigenvalue weighted by atomic mass is 10.1. The molecule has 1 amide bonds. The summed E-state index contributed by atoms with van der Waals surface area (Å²) in [4.78, 5) is 11.9. The van der Waals surface area contributed by atoms with Crippen molar-refractivity contribution in [2.24, 2.45) is 5.92 Å². The van der Waals surface area contributed by atoms with Crippen LogP contribution in [0.15, 0.2) is 18.2 Å². The Labute approximate surface area is 122 Å². The van der Waals surface area contributed by atoms with Crippen LogP contribution in [0.5, 0.6) is 0 Å². The molecule has 0 spiro atoms. The van der Waals surface area contributed by atoms with Crippen molar-refractivity contribution >= 4 is 29.1 Å². The van der Waals surface area contributed by atoms with Crippen LogP contribution in [0.2, 0.25) is 10.0 Å². The van der Waals surface area contributed by atoms with Gasteiger partial charge in [0, 0.05) is 28.1 Å². The standard InChI is InChI=1S/C14H17Cl2NO2/c15-10-6-3-7-11(16)13(10)12(18)8-17-14(19)9-4-1-2-5-9/h3,6-7,9,12,18H,1-2,4-5,8H2,(H,17,19). The minimum atomic E-state index is -0.883. The summed E-state index contributed by atoms with van der Waals surface area (Å²) in [6, 6.07) is 5.06. The van der Waals surface area contributed by atoms with Crippen molar-refractivity contribution in [2.75, 3.05) is 6.54 Å². The van der Waals surface area contributed by atoms with Gasteiger partial charge in [0.1, 0.15) is 0 Å². The van der Waals surface area contributed by atoms with Gasteiger partial charge >= 0.3 is 0 Å². The first-order valence-corrected chi connectivity index (χ1v) is 7.25. The Balaban J connectivity index is 1.93. The Morgan fingerprint density at radius 3 is 2.47 bits per heavy atom. The summed E-state index contributed by atoms with van der Waals surface area (Å²) in [5.74, 6) is 0.105. The molecule has 0 heterocycles. The van der Waals surface area contributed by atoms with E-state index < -0.39 is 6.10 Å². The van der Waals surface area contributed by atoms with Gasteiger partial charge in [-0.15, -0.1) is 0 Å². The summed E-state index contributed by atoms with van der Waals surface area (Å²) in [5, 5.41) is 13.7. The fraction of sp³-hybridized carbons (Fsp3) is 0.500. The number of carbonyl (C=O) groups is 1. The van der Waals surface area contributed by atoms with Crippen molar-refractivity contribution in [2.45, 2.75) is 31.8 Å². The Morgan fingerprint density at radius 2 is 1.89 bits per heavy atom. The van der Waals surface area contributed by atoms with Gasteiger partial charge in [0.2, 0.25) is 5.91 Å². The van der Waals surface area contributed by atoms with E-state index in [1.165, 1.54) is 0 Å². The van der Waals surface area contributed by atoms with Crippen molar-refractivity contribution < 1.29 is 9.90 Å². The molecule has 5 heteroatoms. The van der Waals surface area contributed by atoms with Crippen molar-refractivity contribution in [3.63, 3.8) is 0 Å². The molecule has 0 aromatic heterocycles. The molecule has 2 rings (SSSR count). The number of rotatable bonds is 4. The van der Waals surface area contributed by atoms with Crippen LogP contribution in [0, 0.1) is 5.92 Å². The van der Waals surface area contributed by atoms with E-state index in [1.807, 2.05) is 0 Å². The highest BCUT2D eigenvalue weighted by molar-refractivity contribution is 6.36. The number of amides is 1. The molecular formula is C14H17Cl2NO2. The predicted molar refractivity (Wildman–Crippen MR) is 76.4 cm³/mol. The van der Waals surface area contributed by atoms with Crippen LogP contribution in [0.4, 0.5) is 0 Å². The summed E-state index contributed by atoms with van der Waals surface area (Å²) in [7, 11) is 0. The average molecular weight is 302 g/mol. The summed E-state index contributed by atoms with van der Waals surface area (Å²) in [6.45, 7) is 0.138. The van der Waals surface area contributed by atoms with Gasteiger partial charge in [-0.25, -0.2) is 0 Å². The minimum Gasteiger partial charge on any atom is -0.386 e. The van der Waals surface area contributed by atoms with Crippen LogP contribution in [0.1, 0.15) is 37.4 Å². The quantitative estimate of drug-likeness (QED) is 0.896. The molecule has 3 nitrogen and oxygen atoms in total. The molecule has 1 aromatic rings. The van der Waals surface area contributed by atoms with Crippen LogP contribution >= 0.6 is 23.2 Å². The first-order chi connectivity index (χ1) is 9.09. The molecule has 19 heavy (non-hydrogen) atoms. The van der Waals surface area contributed by atoms with E-state index in [-0.39, 0.29) is 18.4 Å². The van der Waals surface area contributed by atoms with Gasteiger partial charge in [-0.05, 0) is 25.0 Å². The number of carbonyl (C=O) groups excluding carboxylic acids is 1. The second-order valence-electron chi connectivity index (χ2n) is 4.88. The lowest BCUT2D eigenvalue weighted by molar-refractivity contribution is -0.125. The van der Waals surface area contributed by atoms with Crippen molar-refractivity contribution in [1.82, 2.24) is 5.32 Å². The van der Waals surface area contributed by atoms with Gasteiger partial charge in [-0.1, -0.05) is 42.1 Å². The van der Waals surface area contributed by atoms with Crippen LogP contribution in [-0.2, 0) is 4.79 Å². The molecular weight excluding hydrogens is 285 g/mol. The van der Waals surface area contributed by atoms with E-state index >= 15 is 0 Å². The number of halogens is 2. The zero-order chi connectivity index (χ0) is 13.8. The number of hydrogen-bond donors (Lipinski definition) is 2. The van der Waals surface area contributed by atoms with E-state index in [2.05, 4.69) is 5.32 Å². The molecule has 1 saturated carbocycles. The molecule has 0 saturated heterocycles. The molecule has 0 bridgehead atoms. The average Bonchev–Trinajstić information content (AvgIpc) is 2.89. The number of hydrogen-bond acceptors (Lipinski definition) is 2. The zero-order valence-electron chi connectivity index (χ0n) is 10.5. The van der Waals surface area contributed by atoms with Crippen LogP contribution < -0.4 is 5.32 Å². The number of aliphatic hydroxyl groups excluding tert-OH is 1. The van der Waals surface area contributed by atoms with Gasteiger partial charge in [0.05, 0.1) is 6.10 Å². The van der Waals surface area contributed by atoms with Crippen molar-refractivity contribution in [1.29, 1.82) is 0 Å². The lowest BCUT2D eigenvalue weighted by Crippen LogP contribution is -2.32. The zero-order valence-corrected chi connectivity index (χ0v) is 12.0. The fourth-order valence-corrected chi connectivity index (χ4v) is 3.11. The second-order valence-corrected chi connectivity index (χ2v) is 5.69. The molecule has 1 aliphatic carbocycles. The first kappa shape index (κ1) is 14.6. The smallest absolute Gasteiger partial charge is 0.223 e. The molecule has 1 fully saturated rings. The van der Waals surface area contributed by atoms with Crippen LogP contribution in [0.3, 0.4) is 0 Å². The molecule has 1 aliphatic rings. The number of benzene rings is 1. The highest BCUT2D eigenvalue weighted by Gasteiger charge is 2.23. The second kappa shape index (κ2) is 6.60. The Hall–Kier alpha value is -0.770. The lowest BCUT2D eigenvalue weighted by Gasteiger charge is -2.16. The van der Waals surface area contributed by atoms with Crippen LogP contribution in [0.25, 0.3) is 0 Å². The summed E-state index contributed by atoms with van der Waals surface area (Å²) in [6.07, 6.45) is 3.21. The molecule has 2 N–H and O–H groups in total. The highest BCUT2D eigenvalue weighted by Crippen LogP contribution is 2.30. The SMILES string of the molecule is O=C(NCC(O)c1c(Cl)cccc1Cl)C1CCCC1. The third kappa shape index (κ3) is 3.62. The van der Waals surface area contributed by atoms with Gasteiger partial charge in [0.15, 0.2) is 0 Å². The highest BCUT2D eigenvalue weighted by atomic mass is 35.5. The van der Waals surface area contributed by atoms with E-state index in [4.69, 9.17) is 23.2 Å². The molecule has 1 unspecified atom stereocenters. The molecule has 104 valence electrons. The van der Waals surface area contributed by atoms with E-state index in [9.17, 15) is 9.90 Å². The van der Waals surface area contributed by atoms with E-state index in [0.29, 0.717) is 15.6 Å². The maximum atomic E-state index is 11.9. The summed E-state index contributed by atoms with van der Waals surface area (Å²) >= 11 is 12.0. The first-order valence-electron chi connectivity index (χ1n) is 6.49. The predicted octanol–water partition coefficient (Wildman–Crippen LogP) is 3.33. The number of aliphatic hydroxyl groups is 1. The minimum absolute atomic E-state index is 0.0136. The maximum Gasteiger partial charge on any atom is 0.223 e. The van der Waals surface area contributed by atoms with Gasteiger partial charge in [0.25, 0.3) is 0 Å². The summed E-state index contributed by atoms with van der Waals surface area (Å²) < 4.78 is 0. The molecule has 1 aromatic carbocycles.